The minimum Gasteiger partial charge on any atom is -0.491 e. The van der Waals surface area contributed by atoms with E-state index in [-0.39, 0.29) is 11.5 Å². The number of hydrogen-bond donors (Lipinski definition) is 0. The molecule has 2 atom stereocenters. The van der Waals surface area contributed by atoms with Gasteiger partial charge >= 0.3 is 0 Å². The molecule has 0 amide bonds. The lowest BCUT2D eigenvalue weighted by Gasteiger charge is -2.34. The Morgan fingerprint density at radius 1 is 0.885 bits per heavy atom. The van der Waals surface area contributed by atoms with Crippen molar-refractivity contribution in [3.05, 3.63) is 35.9 Å². The second-order valence-electron chi connectivity index (χ2n) is 7.82. The van der Waals surface area contributed by atoms with Crippen LogP contribution in [0.3, 0.4) is 0 Å². The lowest BCUT2D eigenvalue weighted by molar-refractivity contribution is 0.155. The molecule has 1 aromatic carbocycles. The van der Waals surface area contributed by atoms with Gasteiger partial charge in [0, 0.05) is 0 Å². The van der Waals surface area contributed by atoms with Gasteiger partial charge in [0.25, 0.3) is 0 Å². The molecule has 0 radical (unpaired) electrons. The summed E-state index contributed by atoms with van der Waals surface area (Å²) in [6.45, 7) is 4.77. The zero-order valence-electron chi connectivity index (χ0n) is 15.8. The van der Waals surface area contributed by atoms with E-state index in [1.54, 1.807) is 6.92 Å². The van der Waals surface area contributed by atoms with Crippen LogP contribution in [0.25, 0.3) is 0 Å². The molecular weight excluding hydrogens is 334 g/mol. The Labute approximate surface area is 155 Å². The molecule has 4 heteroatoms. The van der Waals surface area contributed by atoms with Crippen LogP contribution in [0.2, 0.25) is 0 Å². The van der Waals surface area contributed by atoms with Gasteiger partial charge in [-0.05, 0) is 81.3 Å². The molecule has 1 aromatic rings. The summed E-state index contributed by atoms with van der Waals surface area (Å²) in [5.41, 5.74) is 0. The van der Waals surface area contributed by atoms with E-state index in [2.05, 4.69) is 19.1 Å². The first-order valence-electron chi connectivity index (χ1n) is 10.00. The van der Waals surface area contributed by atoms with Gasteiger partial charge in [0.15, 0.2) is 11.5 Å². The monoisotopic (exact) mass is 364 g/mol. The summed E-state index contributed by atoms with van der Waals surface area (Å²) in [4.78, 5) is 0. The van der Waals surface area contributed by atoms with Crippen LogP contribution >= 0.6 is 0 Å². The molecule has 2 nitrogen and oxygen atoms in total. The molecule has 0 saturated heterocycles. The summed E-state index contributed by atoms with van der Waals surface area (Å²) in [5.74, 6) is 0.648. The predicted molar refractivity (Wildman–Crippen MR) is 99.5 cm³/mol. The topological polar surface area (TPSA) is 18.5 Å². The van der Waals surface area contributed by atoms with Gasteiger partial charge in [0.2, 0.25) is 11.6 Å². The van der Waals surface area contributed by atoms with E-state index >= 15 is 0 Å². The van der Waals surface area contributed by atoms with Crippen LogP contribution in [0.1, 0.15) is 52.4 Å². The van der Waals surface area contributed by atoms with Crippen LogP contribution in [0.15, 0.2) is 24.3 Å². The Hall–Kier alpha value is -1.58. The van der Waals surface area contributed by atoms with E-state index in [9.17, 15) is 8.78 Å². The van der Waals surface area contributed by atoms with E-state index in [1.807, 2.05) is 0 Å². The van der Waals surface area contributed by atoms with Crippen molar-refractivity contribution >= 4 is 0 Å². The quantitative estimate of drug-likeness (QED) is 0.564. The normalized spacial score (nSPS) is 28.8. The molecule has 3 rings (SSSR count). The molecule has 144 valence electrons. The van der Waals surface area contributed by atoms with Crippen LogP contribution in [0, 0.1) is 35.3 Å². The summed E-state index contributed by atoms with van der Waals surface area (Å²) in [6.07, 6.45) is 12.0. The highest BCUT2D eigenvalue weighted by Gasteiger charge is 2.28. The minimum atomic E-state index is -0.966. The van der Waals surface area contributed by atoms with Gasteiger partial charge in [-0.2, -0.15) is 8.78 Å². The van der Waals surface area contributed by atoms with Gasteiger partial charge in [-0.3, -0.25) is 0 Å². The fourth-order valence-electron chi connectivity index (χ4n) is 4.26. The van der Waals surface area contributed by atoms with Crippen LogP contribution in [-0.2, 0) is 0 Å². The number of allylic oxidation sites excluding steroid dienone is 2. The van der Waals surface area contributed by atoms with Crippen LogP contribution < -0.4 is 9.47 Å². The maximum absolute atomic E-state index is 14.1. The molecule has 1 fully saturated rings. The molecule has 0 aliphatic heterocycles. The molecule has 0 N–H and O–H groups in total. The highest BCUT2D eigenvalue weighted by molar-refractivity contribution is 5.35. The molecule has 0 heterocycles. The van der Waals surface area contributed by atoms with Crippen molar-refractivity contribution in [1.82, 2.24) is 0 Å². The first-order valence-corrected chi connectivity index (χ1v) is 10.00. The Kier molecular flexibility index (Phi) is 6.55. The van der Waals surface area contributed by atoms with Gasteiger partial charge in [0.1, 0.15) is 0 Å². The zero-order chi connectivity index (χ0) is 18.5. The third kappa shape index (κ3) is 4.57. The molecule has 0 aromatic heterocycles. The highest BCUT2D eigenvalue weighted by atomic mass is 19.2. The van der Waals surface area contributed by atoms with Crippen molar-refractivity contribution in [2.24, 2.45) is 23.7 Å². The molecule has 2 aliphatic carbocycles. The molecule has 0 bridgehead atoms. The zero-order valence-corrected chi connectivity index (χ0v) is 15.8. The summed E-state index contributed by atoms with van der Waals surface area (Å²) in [7, 11) is 0. The maximum Gasteiger partial charge on any atom is 0.204 e. The molecule has 1 saturated carbocycles. The molecule has 2 aliphatic rings. The number of halogens is 2. The average Bonchev–Trinajstić information content (AvgIpc) is 2.66. The van der Waals surface area contributed by atoms with E-state index < -0.39 is 11.6 Å². The summed E-state index contributed by atoms with van der Waals surface area (Å²) < 4.78 is 38.7. The third-order valence-corrected chi connectivity index (χ3v) is 5.92. The smallest absolute Gasteiger partial charge is 0.204 e. The SMILES string of the molecule is CCOc1ccc(OCC2CCC(C3C=CC(C)CC3)CC2)c(F)c1F. The van der Waals surface area contributed by atoms with Crippen molar-refractivity contribution in [2.45, 2.75) is 52.4 Å². The van der Waals surface area contributed by atoms with Crippen molar-refractivity contribution in [3.63, 3.8) is 0 Å². The van der Waals surface area contributed by atoms with Crippen molar-refractivity contribution < 1.29 is 18.3 Å². The maximum atomic E-state index is 14.1. The summed E-state index contributed by atoms with van der Waals surface area (Å²) >= 11 is 0. The first-order chi connectivity index (χ1) is 12.6. The molecule has 2 unspecified atom stereocenters. The Balaban J connectivity index is 1.48. The van der Waals surface area contributed by atoms with Crippen LogP contribution in [-0.4, -0.2) is 13.2 Å². The Morgan fingerprint density at radius 2 is 1.54 bits per heavy atom. The second kappa shape index (κ2) is 8.88. The van der Waals surface area contributed by atoms with Gasteiger partial charge in [-0.1, -0.05) is 19.1 Å². The lowest BCUT2D eigenvalue weighted by Crippen LogP contribution is -2.25. The number of rotatable bonds is 6. The van der Waals surface area contributed by atoms with E-state index in [4.69, 9.17) is 9.47 Å². The van der Waals surface area contributed by atoms with Gasteiger partial charge in [-0.25, -0.2) is 0 Å². The van der Waals surface area contributed by atoms with E-state index in [0.717, 1.165) is 30.6 Å². The fourth-order valence-corrected chi connectivity index (χ4v) is 4.26. The highest BCUT2D eigenvalue weighted by Crippen LogP contribution is 2.39. The van der Waals surface area contributed by atoms with Gasteiger partial charge in [-0.15, -0.1) is 0 Å². The largest absolute Gasteiger partial charge is 0.491 e. The summed E-state index contributed by atoms with van der Waals surface area (Å²) in [6, 6.07) is 2.90. The predicted octanol–water partition coefficient (Wildman–Crippen LogP) is 6.15. The first kappa shape index (κ1) is 19.2. The van der Waals surface area contributed by atoms with Crippen LogP contribution in [0.4, 0.5) is 8.78 Å². The van der Waals surface area contributed by atoms with Crippen LogP contribution in [0.5, 0.6) is 11.5 Å². The number of ether oxygens (including phenoxy) is 2. The van der Waals surface area contributed by atoms with E-state index in [1.165, 1.54) is 37.8 Å². The molecular formula is C22H30F2O2. The standard InChI is InChI=1S/C22H30F2O2/c1-3-25-19-12-13-20(22(24)21(19)23)26-14-16-6-10-18(11-7-16)17-8-4-15(2)5-9-17/h4,8,12-13,15-18H,3,5-7,9-11,14H2,1-2H3. The number of hydrogen-bond acceptors (Lipinski definition) is 2. The van der Waals surface area contributed by atoms with Gasteiger partial charge < -0.3 is 9.47 Å². The van der Waals surface area contributed by atoms with Gasteiger partial charge in [0.05, 0.1) is 13.2 Å². The lowest BCUT2D eigenvalue weighted by atomic mass is 9.72. The number of benzene rings is 1. The average molecular weight is 364 g/mol. The fraction of sp³-hybridized carbons (Fsp3) is 0.636. The van der Waals surface area contributed by atoms with E-state index in [0.29, 0.717) is 19.1 Å². The van der Waals surface area contributed by atoms with Crippen molar-refractivity contribution in [2.75, 3.05) is 13.2 Å². The Bertz CT molecular complexity index is 621. The summed E-state index contributed by atoms with van der Waals surface area (Å²) in [5, 5.41) is 0. The van der Waals surface area contributed by atoms with Crippen molar-refractivity contribution in [1.29, 1.82) is 0 Å². The molecule has 26 heavy (non-hydrogen) atoms. The Morgan fingerprint density at radius 3 is 2.12 bits per heavy atom. The second-order valence-corrected chi connectivity index (χ2v) is 7.82. The minimum absolute atomic E-state index is 0.0164. The van der Waals surface area contributed by atoms with Crippen molar-refractivity contribution in [3.8, 4) is 11.5 Å². The molecule has 0 spiro atoms. The third-order valence-electron chi connectivity index (χ3n) is 5.92.